The maximum atomic E-state index is 13.5. The summed E-state index contributed by atoms with van der Waals surface area (Å²) < 4.78 is 29.6. The van der Waals surface area contributed by atoms with E-state index in [0.717, 1.165) is 15.7 Å². The fraction of sp³-hybridized carbons (Fsp3) is 0.240. The van der Waals surface area contributed by atoms with Crippen LogP contribution in [0, 0.1) is 0 Å². The lowest BCUT2D eigenvalue weighted by Gasteiger charge is -2.37. The number of halogens is 2. The number of carbonyl (C=O) groups is 1. The van der Waals surface area contributed by atoms with Gasteiger partial charge in [0.2, 0.25) is 15.9 Å². The molecule has 178 valence electrons. The monoisotopic (exact) mass is 561 g/mol. The van der Waals surface area contributed by atoms with Crippen LogP contribution in [0.4, 0.5) is 5.69 Å². The SMILES string of the molecule is O=C([C@@H](Cc1ccccc1)NS(=O)(=O)c1ccc(Br)cc1)N1CCN(c2cccc(Cl)c2)CC1. The van der Waals surface area contributed by atoms with Crippen molar-refractivity contribution in [2.75, 3.05) is 31.1 Å². The van der Waals surface area contributed by atoms with Crippen molar-refractivity contribution >= 4 is 49.1 Å². The molecule has 1 aliphatic rings. The van der Waals surface area contributed by atoms with Gasteiger partial charge in [0.15, 0.2) is 0 Å². The van der Waals surface area contributed by atoms with Gasteiger partial charge in [-0.3, -0.25) is 4.79 Å². The summed E-state index contributed by atoms with van der Waals surface area (Å²) in [6.45, 7) is 2.28. The van der Waals surface area contributed by atoms with Gasteiger partial charge in [0, 0.05) is 41.4 Å². The van der Waals surface area contributed by atoms with E-state index >= 15 is 0 Å². The molecule has 0 saturated carbocycles. The van der Waals surface area contributed by atoms with Crippen molar-refractivity contribution in [3.63, 3.8) is 0 Å². The molecule has 0 spiro atoms. The molecule has 1 N–H and O–H groups in total. The number of carbonyl (C=O) groups excluding carboxylic acids is 1. The smallest absolute Gasteiger partial charge is 0.241 e. The number of nitrogens with one attached hydrogen (secondary N) is 1. The Hall–Kier alpha value is -2.39. The van der Waals surface area contributed by atoms with Crippen LogP contribution in [-0.2, 0) is 21.2 Å². The summed E-state index contributed by atoms with van der Waals surface area (Å²) in [5.74, 6) is -0.227. The third kappa shape index (κ3) is 6.18. The zero-order valence-corrected chi connectivity index (χ0v) is 21.6. The van der Waals surface area contributed by atoms with Crippen LogP contribution in [0.25, 0.3) is 0 Å². The van der Waals surface area contributed by atoms with Crippen molar-refractivity contribution in [3.05, 3.63) is 93.9 Å². The average molecular weight is 563 g/mol. The van der Waals surface area contributed by atoms with Gasteiger partial charge in [-0.05, 0) is 54.4 Å². The first-order chi connectivity index (χ1) is 16.3. The van der Waals surface area contributed by atoms with Crippen molar-refractivity contribution in [2.45, 2.75) is 17.4 Å². The van der Waals surface area contributed by atoms with Crippen LogP contribution in [0.5, 0.6) is 0 Å². The number of hydrogen-bond donors (Lipinski definition) is 1. The largest absolute Gasteiger partial charge is 0.368 e. The van der Waals surface area contributed by atoms with Crippen molar-refractivity contribution in [1.82, 2.24) is 9.62 Å². The second-order valence-corrected chi connectivity index (χ2v) is 11.2. The molecule has 34 heavy (non-hydrogen) atoms. The van der Waals surface area contributed by atoms with E-state index in [1.54, 1.807) is 17.0 Å². The average Bonchev–Trinajstić information content (AvgIpc) is 2.84. The van der Waals surface area contributed by atoms with Crippen LogP contribution in [0.15, 0.2) is 88.2 Å². The Bertz CT molecular complexity index is 1230. The van der Waals surface area contributed by atoms with Gasteiger partial charge in [-0.2, -0.15) is 4.72 Å². The molecule has 0 aliphatic carbocycles. The van der Waals surface area contributed by atoms with Crippen LogP contribution in [0.2, 0.25) is 5.02 Å². The predicted octanol–water partition coefficient (Wildman–Crippen LogP) is 4.34. The lowest BCUT2D eigenvalue weighted by molar-refractivity contribution is -0.133. The summed E-state index contributed by atoms with van der Waals surface area (Å²) in [6, 6.07) is 22.5. The van der Waals surface area contributed by atoms with Crippen LogP contribution >= 0.6 is 27.5 Å². The normalized spacial score (nSPS) is 15.2. The molecule has 4 rings (SSSR count). The standard InChI is InChI=1S/C25H25BrClN3O3S/c26-20-9-11-23(12-10-20)34(32,33)28-24(17-19-5-2-1-3-6-19)25(31)30-15-13-29(14-16-30)22-8-4-7-21(27)18-22/h1-12,18,24,28H,13-17H2/t24-/m1/s1. The van der Waals surface area contributed by atoms with E-state index in [1.807, 2.05) is 54.6 Å². The van der Waals surface area contributed by atoms with Gasteiger partial charge in [0.05, 0.1) is 4.90 Å². The van der Waals surface area contributed by atoms with Crippen LogP contribution in [0.3, 0.4) is 0 Å². The maximum absolute atomic E-state index is 13.5. The van der Waals surface area contributed by atoms with E-state index in [9.17, 15) is 13.2 Å². The first-order valence-electron chi connectivity index (χ1n) is 10.9. The highest BCUT2D eigenvalue weighted by molar-refractivity contribution is 9.10. The van der Waals surface area contributed by atoms with Gasteiger partial charge in [0.1, 0.15) is 6.04 Å². The Morgan fingerprint density at radius 3 is 2.26 bits per heavy atom. The highest BCUT2D eigenvalue weighted by atomic mass is 79.9. The topological polar surface area (TPSA) is 69.7 Å². The van der Waals surface area contributed by atoms with E-state index in [-0.39, 0.29) is 17.2 Å². The zero-order chi connectivity index (χ0) is 24.1. The summed E-state index contributed by atoms with van der Waals surface area (Å²) >= 11 is 9.44. The molecule has 0 bridgehead atoms. The van der Waals surface area contributed by atoms with Crippen molar-refractivity contribution in [2.24, 2.45) is 0 Å². The minimum Gasteiger partial charge on any atom is -0.368 e. The van der Waals surface area contributed by atoms with E-state index in [0.29, 0.717) is 31.2 Å². The molecular weight excluding hydrogens is 538 g/mol. The van der Waals surface area contributed by atoms with E-state index in [4.69, 9.17) is 11.6 Å². The molecule has 1 heterocycles. The van der Waals surface area contributed by atoms with Gasteiger partial charge in [-0.1, -0.05) is 63.9 Å². The molecule has 1 amide bonds. The van der Waals surface area contributed by atoms with Crippen LogP contribution < -0.4 is 9.62 Å². The summed E-state index contributed by atoms with van der Waals surface area (Å²) in [5.41, 5.74) is 1.90. The Kier molecular flexibility index (Phi) is 7.93. The molecule has 1 atom stereocenters. The number of hydrogen-bond acceptors (Lipinski definition) is 4. The number of piperazine rings is 1. The lowest BCUT2D eigenvalue weighted by atomic mass is 10.1. The molecule has 6 nitrogen and oxygen atoms in total. The first kappa shape index (κ1) is 24.7. The molecule has 3 aromatic carbocycles. The summed E-state index contributed by atoms with van der Waals surface area (Å²) in [6.07, 6.45) is 0.268. The van der Waals surface area contributed by atoms with Crippen LogP contribution in [-0.4, -0.2) is 51.4 Å². The third-order valence-corrected chi connectivity index (χ3v) is 8.02. The molecular formula is C25H25BrClN3O3S. The quantitative estimate of drug-likeness (QED) is 0.465. The fourth-order valence-electron chi connectivity index (χ4n) is 3.98. The van der Waals surface area contributed by atoms with Gasteiger partial charge in [-0.15, -0.1) is 0 Å². The highest BCUT2D eigenvalue weighted by Crippen LogP contribution is 2.22. The number of rotatable bonds is 7. The van der Waals surface area contributed by atoms with Crippen molar-refractivity contribution < 1.29 is 13.2 Å². The van der Waals surface area contributed by atoms with Gasteiger partial charge >= 0.3 is 0 Å². The Labute approximate surface area is 213 Å². The van der Waals surface area contributed by atoms with E-state index < -0.39 is 16.1 Å². The second kappa shape index (κ2) is 10.9. The third-order valence-electron chi connectivity index (χ3n) is 5.77. The van der Waals surface area contributed by atoms with Crippen molar-refractivity contribution in [3.8, 4) is 0 Å². The Morgan fingerprint density at radius 2 is 1.62 bits per heavy atom. The minimum atomic E-state index is -3.88. The van der Waals surface area contributed by atoms with Gasteiger partial charge in [0.25, 0.3) is 0 Å². The number of amides is 1. The molecule has 0 radical (unpaired) electrons. The second-order valence-electron chi connectivity index (χ2n) is 8.11. The highest BCUT2D eigenvalue weighted by Gasteiger charge is 2.31. The summed E-state index contributed by atoms with van der Waals surface area (Å²) in [4.78, 5) is 17.5. The number of anilines is 1. The van der Waals surface area contributed by atoms with E-state index in [2.05, 4.69) is 25.6 Å². The number of benzene rings is 3. The maximum Gasteiger partial charge on any atom is 0.241 e. The summed E-state index contributed by atoms with van der Waals surface area (Å²) in [5, 5.41) is 0.668. The Balaban J connectivity index is 1.50. The first-order valence-corrected chi connectivity index (χ1v) is 13.6. The van der Waals surface area contributed by atoms with E-state index in [1.165, 1.54) is 12.1 Å². The molecule has 0 aromatic heterocycles. The van der Waals surface area contributed by atoms with Gasteiger partial charge in [-0.25, -0.2) is 8.42 Å². The molecule has 1 fully saturated rings. The molecule has 9 heteroatoms. The molecule has 3 aromatic rings. The van der Waals surface area contributed by atoms with Crippen LogP contribution in [0.1, 0.15) is 5.56 Å². The molecule has 1 aliphatic heterocycles. The minimum absolute atomic E-state index is 0.118. The fourth-order valence-corrected chi connectivity index (χ4v) is 5.61. The lowest BCUT2D eigenvalue weighted by Crippen LogP contribution is -2.55. The Morgan fingerprint density at radius 1 is 0.941 bits per heavy atom. The van der Waals surface area contributed by atoms with Crippen molar-refractivity contribution in [1.29, 1.82) is 0 Å². The number of sulfonamides is 1. The van der Waals surface area contributed by atoms with Gasteiger partial charge < -0.3 is 9.80 Å². The molecule has 0 unspecified atom stereocenters. The summed E-state index contributed by atoms with van der Waals surface area (Å²) in [7, 11) is -3.88. The number of nitrogens with zero attached hydrogens (tertiary/aromatic N) is 2. The predicted molar refractivity (Wildman–Crippen MR) is 139 cm³/mol. The zero-order valence-electron chi connectivity index (χ0n) is 18.4. The molecule has 1 saturated heterocycles.